The molecule has 0 aliphatic rings. The number of carbonyl (C=O) groups excluding carboxylic acids is 1. The molecule has 1 heterocycles. The Morgan fingerprint density at radius 2 is 2.10 bits per heavy atom. The summed E-state index contributed by atoms with van der Waals surface area (Å²) in [6.07, 6.45) is 1.27. The monoisotopic (exact) mass is 291 g/mol. The van der Waals surface area contributed by atoms with Gasteiger partial charge in [-0.05, 0) is 39.8 Å². The highest BCUT2D eigenvalue weighted by Gasteiger charge is 2.19. The second kappa shape index (κ2) is 5.63. The molecule has 0 saturated heterocycles. The van der Waals surface area contributed by atoms with Gasteiger partial charge in [-0.3, -0.25) is 10.00 Å². The van der Waals surface area contributed by atoms with E-state index in [0.717, 1.165) is 17.4 Å². The lowest BCUT2D eigenvalue weighted by molar-refractivity contribution is 0.0635. The Balaban J connectivity index is 2.38. The first kappa shape index (κ1) is 15.2. The maximum Gasteiger partial charge on any atom is 0.412 e. The normalized spacial score (nSPS) is 11.5. The van der Waals surface area contributed by atoms with Crippen LogP contribution in [0.25, 0.3) is 10.9 Å². The van der Waals surface area contributed by atoms with E-state index in [1.807, 2.05) is 38.4 Å². The zero-order valence-electron chi connectivity index (χ0n) is 13.1. The van der Waals surface area contributed by atoms with Crippen LogP contribution in [0.15, 0.2) is 18.3 Å². The highest BCUT2D eigenvalue weighted by molar-refractivity contribution is 5.96. The lowest BCUT2D eigenvalue weighted by Crippen LogP contribution is -2.27. The molecule has 21 heavy (non-hydrogen) atoms. The smallest absolute Gasteiger partial charge is 0.412 e. The number of hydrogen-bond acceptors (Lipinski definition) is 4. The molecule has 1 aromatic heterocycles. The lowest BCUT2D eigenvalue weighted by atomic mass is 10.2. The van der Waals surface area contributed by atoms with Gasteiger partial charge < -0.3 is 9.47 Å². The van der Waals surface area contributed by atoms with Gasteiger partial charge in [0, 0.05) is 11.9 Å². The van der Waals surface area contributed by atoms with Gasteiger partial charge in [0.15, 0.2) is 5.75 Å². The number of nitrogens with zero attached hydrogens (tertiary/aromatic N) is 2. The Morgan fingerprint density at radius 3 is 2.67 bits per heavy atom. The first-order valence-corrected chi connectivity index (χ1v) is 6.88. The summed E-state index contributed by atoms with van der Waals surface area (Å²) >= 11 is 0. The van der Waals surface area contributed by atoms with Crippen LogP contribution < -0.4 is 10.1 Å². The first-order valence-electron chi connectivity index (χ1n) is 6.88. The zero-order valence-corrected chi connectivity index (χ0v) is 13.1. The Labute approximate surface area is 124 Å². The van der Waals surface area contributed by atoms with Crippen molar-refractivity contribution in [3.05, 3.63) is 18.3 Å². The highest BCUT2D eigenvalue weighted by Crippen LogP contribution is 2.33. The molecular formula is C15H21N3O3. The summed E-state index contributed by atoms with van der Waals surface area (Å²) in [6, 6.07) is 3.68. The molecule has 6 heteroatoms. The molecule has 2 rings (SSSR count). The minimum absolute atomic E-state index is 0.511. The van der Waals surface area contributed by atoms with Crippen molar-refractivity contribution in [1.82, 2.24) is 9.78 Å². The van der Waals surface area contributed by atoms with Crippen molar-refractivity contribution in [3.8, 4) is 5.75 Å². The van der Waals surface area contributed by atoms with Gasteiger partial charge in [-0.1, -0.05) is 0 Å². The first-order chi connectivity index (χ1) is 9.85. The number of nitrogens with one attached hydrogen (secondary N) is 1. The number of rotatable bonds is 3. The second-order valence-electron chi connectivity index (χ2n) is 5.67. The van der Waals surface area contributed by atoms with Crippen molar-refractivity contribution < 1.29 is 14.3 Å². The molecule has 0 atom stereocenters. The molecule has 0 fully saturated rings. The predicted molar refractivity (Wildman–Crippen MR) is 81.8 cm³/mol. The van der Waals surface area contributed by atoms with Crippen LogP contribution in [0.4, 0.5) is 10.5 Å². The third-order valence-corrected chi connectivity index (χ3v) is 2.90. The van der Waals surface area contributed by atoms with Gasteiger partial charge in [0.25, 0.3) is 0 Å². The molecule has 1 amide bonds. The van der Waals surface area contributed by atoms with E-state index >= 15 is 0 Å². The van der Waals surface area contributed by atoms with Crippen molar-refractivity contribution in [2.45, 2.75) is 39.8 Å². The lowest BCUT2D eigenvalue weighted by Gasteiger charge is -2.20. The Morgan fingerprint density at radius 1 is 1.38 bits per heavy atom. The third kappa shape index (κ3) is 3.26. The van der Waals surface area contributed by atoms with Crippen molar-refractivity contribution in [2.24, 2.45) is 0 Å². The highest BCUT2D eigenvalue weighted by atomic mass is 16.6. The van der Waals surface area contributed by atoms with Crippen LogP contribution >= 0.6 is 0 Å². The summed E-state index contributed by atoms with van der Waals surface area (Å²) in [5.41, 5.74) is 0.870. The fourth-order valence-electron chi connectivity index (χ4n) is 2.10. The topological polar surface area (TPSA) is 65.4 Å². The van der Waals surface area contributed by atoms with E-state index in [1.54, 1.807) is 19.4 Å². The average Bonchev–Trinajstić information content (AvgIpc) is 2.79. The molecule has 0 unspecified atom stereocenters. The molecule has 114 valence electrons. The van der Waals surface area contributed by atoms with Gasteiger partial charge in [-0.15, -0.1) is 0 Å². The van der Waals surface area contributed by atoms with Crippen molar-refractivity contribution in [2.75, 3.05) is 12.4 Å². The van der Waals surface area contributed by atoms with Crippen molar-refractivity contribution in [1.29, 1.82) is 0 Å². The molecule has 1 aromatic carbocycles. The summed E-state index contributed by atoms with van der Waals surface area (Å²) < 4.78 is 12.6. The molecule has 0 radical (unpaired) electrons. The molecule has 0 saturated carbocycles. The maximum atomic E-state index is 11.9. The SMILES string of the molecule is CCn1ncc2ccc(NC(=O)OC(C)(C)C)c(OC)c21. The number of methoxy groups -OCH3 is 1. The van der Waals surface area contributed by atoms with E-state index in [-0.39, 0.29) is 0 Å². The van der Waals surface area contributed by atoms with Crippen LogP contribution in [-0.4, -0.2) is 28.6 Å². The fraction of sp³-hybridized carbons (Fsp3) is 0.467. The van der Waals surface area contributed by atoms with Crippen LogP contribution in [0.3, 0.4) is 0 Å². The van der Waals surface area contributed by atoms with Gasteiger partial charge in [0.1, 0.15) is 11.1 Å². The summed E-state index contributed by atoms with van der Waals surface area (Å²) in [5.74, 6) is 0.581. The molecule has 0 spiro atoms. The van der Waals surface area contributed by atoms with Crippen LogP contribution in [0.1, 0.15) is 27.7 Å². The number of fused-ring (bicyclic) bond motifs is 1. The largest absolute Gasteiger partial charge is 0.492 e. The minimum atomic E-state index is -0.549. The van der Waals surface area contributed by atoms with Gasteiger partial charge >= 0.3 is 6.09 Å². The number of carbonyl (C=O) groups is 1. The average molecular weight is 291 g/mol. The molecular weight excluding hydrogens is 270 g/mol. The van der Waals surface area contributed by atoms with Gasteiger partial charge in [-0.2, -0.15) is 5.10 Å². The standard InChI is InChI=1S/C15H21N3O3/c1-6-18-12-10(9-16-18)7-8-11(13(12)20-5)17-14(19)21-15(2,3)4/h7-9H,6H2,1-5H3,(H,17,19). The van der Waals surface area contributed by atoms with Crippen LogP contribution in [0, 0.1) is 0 Å². The summed E-state index contributed by atoms with van der Waals surface area (Å²) in [4.78, 5) is 11.9. The van der Waals surface area contributed by atoms with Gasteiger partial charge in [0.05, 0.1) is 19.0 Å². The third-order valence-electron chi connectivity index (χ3n) is 2.90. The van der Waals surface area contributed by atoms with E-state index in [0.29, 0.717) is 11.4 Å². The van der Waals surface area contributed by atoms with Crippen LogP contribution in [-0.2, 0) is 11.3 Å². The molecule has 0 aliphatic carbocycles. The molecule has 0 bridgehead atoms. The van der Waals surface area contributed by atoms with E-state index < -0.39 is 11.7 Å². The molecule has 2 aromatic rings. The zero-order chi connectivity index (χ0) is 15.6. The minimum Gasteiger partial charge on any atom is -0.492 e. The number of aryl methyl sites for hydroxylation is 1. The number of amides is 1. The van der Waals surface area contributed by atoms with E-state index in [2.05, 4.69) is 10.4 Å². The number of hydrogen-bond donors (Lipinski definition) is 1. The predicted octanol–water partition coefficient (Wildman–Crippen LogP) is 3.41. The summed E-state index contributed by atoms with van der Waals surface area (Å²) in [5, 5.41) is 7.98. The van der Waals surface area contributed by atoms with Crippen molar-refractivity contribution >= 4 is 22.7 Å². The Kier molecular flexibility index (Phi) is 4.06. The molecule has 1 N–H and O–H groups in total. The van der Waals surface area contributed by atoms with Crippen LogP contribution in [0.5, 0.6) is 5.75 Å². The molecule has 6 nitrogen and oxygen atoms in total. The quantitative estimate of drug-likeness (QED) is 0.941. The number of anilines is 1. The van der Waals surface area contributed by atoms with Crippen LogP contribution in [0.2, 0.25) is 0 Å². The van der Waals surface area contributed by atoms with E-state index in [1.165, 1.54) is 0 Å². The van der Waals surface area contributed by atoms with Gasteiger partial charge in [0.2, 0.25) is 0 Å². The summed E-state index contributed by atoms with van der Waals surface area (Å²) in [6.45, 7) is 8.17. The summed E-state index contributed by atoms with van der Waals surface area (Å²) in [7, 11) is 1.57. The second-order valence-corrected chi connectivity index (χ2v) is 5.67. The van der Waals surface area contributed by atoms with E-state index in [9.17, 15) is 4.79 Å². The Hall–Kier alpha value is -2.24. The van der Waals surface area contributed by atoms with Crippen molar-refractivity contribution in [3.63, 3.8) is 0 Å². The van der Waals surface area contributed by atoms with Gasteiger partial charge in [-0.25, -0.2) is 4.79 Å². The number of ether oxygens (including phenoxy) is 2. The molecule has 0 aliphatic heterocycles. The fourth-order valence-corrected chi connectivity index (χ4v) is 2.10. The Bertz CT molecular complexity index is 656. The maximum absolute atomic E-state index is 11.9. The number of benzene rings is 1. The van der Waals surface area contributed by atoms with E-state index in [4.69, 9.17) is 9.47 Å². The number of aromatic nitrogens is 2.